The molecular weight excluding hydrogens is 286 g/mol. The molecule has 1 rings (SSSR count). The van der Waals surface area contributed by atoms with Gasteiger partial charge in [0, 0.05) is 11.8 Å². The molecule has 0 atom stereocenters. The third-order valence-corrected chi connectivity index (χ3v) is 2.14. The first-order valence-corrected chi connectivity index (χ1v) is 5.45. The molecule has 112 valence electrons. The highest BCUT2D eigenvalue weighted by atomic mass is 19.4. The Balaban J connectivity index is 3.15. The monoisotopic (exact) mass is 297 g/mol. The fraction of sp³-hybridized carbons (Fsp3) is 0.455. The second-order valence-corrected chi connectivity index (χ2v) is 3.57. The second-order valence-electron chi connectivity index (χ2n) is 3.57. The van der Waals surface area contributed by atoms with Gasteiger partial charge in [0.25, 0.3) is 0 Å². The minimum atomic E-state index is -5.10. The van der Waals surface area contributed by atoms with Gasteiger partial charge < -0.3 is 14.6 Å². The largest absolute Gasteiger partial charge is 0.573 e. The van der Waals surface area contributed by atoms with Crippen LogP contribution in [0.15, 0.2) is 6.20 Å². The number of pyridine rings is 1. The van der Waals surface area contributed by atoms with E-state index in [1.165, 1.54) is 6.92 Å². The number of halogens is 4. The summed E-state index contributed by atoms with van der Waals surface area (Å²) in [4.78, 5) is 14.7. The van der Waals surface area contributed by atoms with Crippen LogP contribution < -0.4 is 4.74 Å². The molecular formula is C11H11F4NO4. The van der Waals surface area contributed by atoms with E-state index in [2.05, 4.69) is 14.5 Å². The first-order chi connectivity index (χ1) is 9.28. The maximum atomic E-state index is 12.5. The molecule has 20 heavy (non-hydrogen) atoms. The molecule has 0 fully saturated rings. The number of hydrogen-bond acceptors (Lipinski definition) is 5. The van der Waals surface area contributed by atoms with Gasteiger partial charge >= 0.3 is 12.3 Å². The Morgan fingerprint density at radius 2 is 2.10 bits per heavy atom. The summed E-state index contributed by atoms with van der Waals surface area (Å²) in [6.07, 6.45) is -4.87. The van der Waals surface area contributed by atoms with Crippen molar-refractivity contribution < 1.29 is 36.9 Å². The zero-order valence-electron chi connectivity index (χ0n) is 10.3. The van der Waals surface area contributed by atoms with Crippen molar-refractivity contribution in [3.63, 3.8) is 0 Å². The van der Waals surface area contributed by atoms with Crippen molar-refractivity contribution in [1.29, 1.82) is 0 Å². The van der Waals surface area contributed by atoms with Crippen LogP contribution in [-0.4, -0.2) is 29.0 Å². The first kappa shape index (κ1) is 16.0. The lowest BCUT2D eigenvalue weighted by Crippen LogP contribution is -2.20. The number of aromatic hydroxyl groups is 1. The molecule has 0 spiro atoms. The lowest BCUT2D eigenvalue weighted by molar-refractivity contribution is -0.275. The van der Waals surface area contributed by atoms with E-state index < -0.39 is 42.6 Å². The van der Waals surface area contributed by atoms with Crippen molar-refractivity contribution in [2.75, 3.05) is 6.61 Å². The van der Waals surface area contributed by atoms with Gasteiger partial charge in [0.15, 0.2) is 11.5 Å². The second kappa shape index (κ2) is 6.40. The number of ether oxygens (including phenoxy) is 2. The fourth-order valence-electron chi connectivity index (χ4n) is 1.38. The quantitative estimate of drug-likeness (QED) is 0.667. The molecule has 5 nitrogen and oxygen atoms in total. The Hall–Kier alpha value is -2.06. The van der Waals surface area contributed by atoms with Crippen molar-refractivity contribution in [2.24, 2.45) is 0 Å². The van der Waals surface area contributed by atoms with Crippen LogP contribution in [0, 0.1) is 0 Å². The van der Waals surface area contributed by atoms with Gasteiger partial charge in [-0.15, -0.1) is 13.2 Å². The van der Waals surface area contributed by atoms with Crippen molar-refractivity contribution in [3.05, 3.63) is 17.5 Å². The standard InChI is InChI=1S/C11H11F4NO4/c1-2-19-8(17)3-6-5-16-7(4-12)9(18)10(6)20-11(13,14)15/h5,18H,2-4H2,1H3. The third kappa shape index (κ3) is 4.25. The summed E-state index contributed by atoms with van der Waals surface area (Å²) in [5.74, 6) is -2.96. The Kier molecular flexibility index (Phi) is 5.12. The number of carbonyl (C=O) groups is 1. The van der Waals surface area contributed by atoms with Crippen LogP contribution >= 0.6 is 0 Å². The van der Waals surface area contributed by atoms with Gasteiger partial charge in [-0.3, -0.25) is 9.78 Å². The van der Waals surface area contributed by atoms with Gasteiger partial charge in [-0.25, -0.2) is 4.39 Å². The van der Waals surface area contributed by atoms with Crippen molar-refractivity contribution in [1.82, 2.24) is 4.98 Å². The molecule has 0 amide bonds. The predicted molar refractivity (Wildman–Crippen MR) is 57.7 cm³/mol. The number of esters is 1. The van der Waals surface area contributed by atoms with Crippen LogP contribution in [0.5, 0.6) is 11.5 Å². The van der Waals surface area contributed by atoms with Crippen LogP contribution in [0.1, 0.15) is 18.2 Å². The highest BCUT2D eigenvalue weighted by Crippen LogP contribution is 2.37. The molecule has 0 saturated heterocycles. The minimum absolute atomic E-state index is 0.0380. The molecule has 0 bridgehead atoms. The van der Waals surface area contributed by atoms with E-state index >= 15 is 0 Å². The molecule has 9 heteroatoms. The van der Waals surface area contributed by atoms with Crippen molar-refractivity contribution >= 4 is 5.97 Å². The first-order valence-electron chi connectivity index (χ1n) is 5.45. The number of carbonyl (C=O) groups excluding carboxylic acids is 1. The highest BCUT2D eigenvalue weighted by Gasteiger charge is 2.34. The Labute approximate surface area is 111 Å². The topological polar surface area (TPSA) is 68.7 Å². The zero-order valence-corrected chi connectivity index (χ0v) is 10.3. The summed E-state index contributed by atoms with van der Waals surface area (Å²) in [7, 11) is 0. The van der Waals surface area contributed by atoms with Crippen LogP contribution in [-0.2, 0) is 22.6 Å². The van der Waals surface area contributed by atoms with Gasteiger partial charge in [0.05, 0.1) is 13.0 Å². The fourth-order valence-corrected chi connectivity index (χ4v) is 1.38. The van der Waals surface area contributed by atoms with E-state index in [0.29, 0.717) is 0 Å². The minimum Gasteiger partial charge on any atom is -0.503 e. The van der Waals surface area contributed by atoms with Crippen LogP contribution in [0.3, 0.4) is 0 Å². The van der Waals surface area contributed by atoms with E-state index in [0.717, 1.165) is 6.20 Å². The molecule has 0 aliphatic heterocycles. The average molecular weight is 297 g/mol. The maximum absolute atomic E-state index is 12.5. The van der Waals surface area contributed by atoms with Crippen LogP contribution in [0.4, 0.5) is 17.6 Å². The number of hydrogen-bond donors (Lipinski definition) is 1. The number of alkyl halides is 4. The van der Waals surface area contributed by atoms with E-state index in [-0.39, 0.29) is 12.2 Å². The molecule has 0 aliphatic carbocycles. The zero-order chi connectivity index (χ0) is 15.3. The molecule has 1 heterocycles. The smallest absolute Gasteiger partial charge is 0.503 e. The summed E-state index contributed by atoms with van der Waals surface area (Å²) >= 11 is 0. The summed E-state index contributed by atoms with van der Waals surface area (Å²) in [5, 5.41) is 9.50. The van der Waals surface area contributed by atoms with Gasteiger partial charge in [-0.2, -0.15) is 0 Å². The Morgan fingerprint density at radius 1 is 1.45 bits per heavy atom. The van der Waals surface area contributed by atoms with Crippen LogP contribution in [0.2, 0.25) is 0 Å². The Bertz CT molecular complexity index is 490. The molecule has 1 aromatic rings. The molecule has 0 saturated carbocycles. The van der Waals surface area contributed by atoms with E-state index in [1.807, 2.05) is 0 Å². The van der Waals surface area contributed by atoms with Crippen LogP contribution in [0.25, 0.3) is 0 Å². The van der Waals surface area contributed by atoms with Crippen molar-refractivity contribution in [2.45, 2.75) is 26.4 Å². The summed E-state index contributed by atoms with van der Waals surface area (Å²) < 4.78 is 57.4. The van der Waals surface area contributed by atoms with Gasteiger partial charge in [-0.05, 0) is 6.92 Å². The number of aromatic nitrogens is 1. The lowest BCUT2D eigenvalue weighted by atomic mass is 10.1. The molecule has 0 unspecified atom stereocenters. The third-order valence-electron chi connectivity index (χ3n) is 2.14. The lowest BCUT2D eigenvalue weighted by Gasteiger charge is -2.15. The molecule has 0 aromatic carbocycles. The van der Waals surface area contributed by atoms with E-state index in [9.17, 15) is 27.5 Å². The van der Waals surface area contributed by atoms with Gasteiger partial charge in [-0.1, -0.05) is 0 Å². The maximum Gasteiger partial charge on any atom is 0.573 e. The van der Waals surface area contributed by atoms with E-state index in [4.69, 9.17) is 0 Å². The van der Waals surface area contributed by atoms with Gasteiger partial charge in [0.1, 0.15) is 12.4 Å². The highest BCUT2D eigenvalue weighted by molar-refractivity contribution is 5.74. The SMILES string of the molecule is CCOC(=O)Cc1cnc(CF)c(O)c1OC(F)(F)F. The molecule has 0 radical (unpaired) electrons. The van der Waals surface area contributed by atoms with E-state index in [1.54, 1.807) is 0 Å². The number of nitrogens with zero attached hydrogens (tertiary/aromatic N) is 1. The Morgan fingerprint density at radius 3 is 2.60 bits per heavy atom. The number of rotatable bonds is 5. The predicted octanol–water partition coefficient (Wildman–Crippen LogP) is 2.26. The summed E-state index contributed by atoms with van der Waals surface area (Å²) in [6, 6.07) is 0. The summed E-state index contributed by atoms with van der Waals surface area (Å²) in [6.45, 7) is 0.281. The normalized spacial score (nSPS) is 11.2. The summed E-state index contributed by atoms with van der Waals surface area (Å²) in [5.41, 5.74) is -0.965. The average Bonchev–Trinajstić information content (AvgIpc) is 2.33. The molecule has 1 aromatic heterocycles. The molecule has 1 N–H and O–H groups in total. The van der Waals surface area contributed by atoms with Gasteiger partial charge in [0.2, 0.25) is 0 Å². The molecule has 0 aliphatic rings. The van der Waals surface area contributed by atoms with Crippen molar-refractivity contribution in [3.8, 4) is 11.5 Å².